The van der Waals surface area contributed by atoms with Gasteiger partial charge in [0, 0.05) is 17.0 Å². The molecule has 2 aliphatic rings. The molecule has 0 N–H and O–H groups in total. The first-order chi connectivity index (χ1) is 10.3. The van der Waals surface area contributed by atoms with Crippen LogP contribution in [0.3, 0.4) is 0 Å². The van der Waals surface area contributed by atoms with Gasteiger partial charge in [-0.05, 0) is 67.2 Å². The van der Waals surface area contributed by atoms with Crippen LogP contribution in [0, 0.1) is 0 Å². The molecule has 0 aliphatic heterocycles. The van der Waals surface area contributed by atoms with Crippen LogP contribution in [0.15, 0.2) is 29.8 Å². The number of Topliss-reactive ketones (excluding diaryl/α,β-unsaturated/α-hetero) is 1. The highest BCUT2D eigenvalue weighted by Gasteiger charge is 2.35. The molecule has 2 atom stereocenters. The monoisotopic (exact) mass is 297 g/mol. The summed E-state index contributed by atoms with van der Waals surface area (Å²) >= 11 is 1.81. The fraction of sp³-hybridized carbons (Fsp3) is 0.444. The summed E-state index contributed by atoms with van der Waals surface area (Å²) in [6.45, 7) is 0. The van der Waals surface area contributed by atoms with Crippen LogP contribution in [0.25, 0.3) is 0 Å². The molecule has 0 aromatic carbocycles. The minimum absolute atomic E-state index is 0.0193. The van der Waals surface area contributed by atoms with Gasteiger partial charge in [0.2, 0.25) is 0 Å². The van der Waals surface area contributed by atoms with E-state index in [9.17, 15) is 4.79 Å². The van der Waals surface area contributed by atoms with Gasteiger partial charge in [-0.2, -0.15) is 0 Å². The van der Waals surface area contributed by atoms with Gasteiger partial charge >= 0.3 is 0 Å². The third kappa shape index (κ3) is 2.24. The number of aromatic nitrogens is 1. The molecule has 2 heterocycles. The Morgan fingerprint density at radius 1 is 1.14 bits per heavy atom. The van der Waals surface area contributed by atoms with Gasteiger partial charge in [-0.15, -0.1) is 11.3 Å². The molecule has 2 nitrogen and oxygen atoms in total. The zero-order valence-corrected chi connectivity index (χ0v) is 12.9. The summed E-state index contributed by atoms with van der Waals surface area (Å²) in [5, 5.41) is 2.14. The van der Waals surface area contributed by atoms with Crippen LogP contribution in [-0.4, -0.2) is 10.8 Å². The highest BCUT2D eigenvalue weighted by atomic mass is 32.1. The van der Waals surface area contributed by atoms with Crippen LogP contribution in [0.5, 0.6) is 0 Å². The van der Waals surface area contributed by atoms with Crippen LogP contribution in [0.4, 0.5) is 0 Å². The molecule has 108 valence electrons. The molecule has 0 saturated heterocycles. The van der Waals surface area contributed by atoms with E-state index in [1.807, 2.05) is 23.6 Å². The molecule has 3 heteroatoms. The number of fused-ring (bicyclic) bond motifs is 2. The van der Waals surface area contributed by atoms with E-state index < -0.39 is 0 Å². The van der Waals surface area contributed by atoms with Crippen LogP contribution >= 0.6 is 11.3 Å². The lowest BCUT2D eigenvalue weighted by Crippen LogP contribution is -2.26. The average molecular weight is 297 g/mol. The smallest absolute Gasteiger partial charge is 0.149 e. The van der Waals surface area contributed by atoms with Crippen molar-refractivity contribution < 1.29 is 4.79 Å². The fourth-order valence-corrected chi connectivity index (χ4v) is 4.90. The molecule has 2 aromatic heterocycles. The lowest BCUT2D eigenvalue weighted by Gasteiger charge is -2.29. The maximum absolute atomic E-state index is 13.1. The zero-order valence-electron chi connectivity index (χ0n) is 12.0. The van der Waals surface area contributed by atoms with E-state index >= 15 is 0 Å². The van der Waals surface area contributed by atoms with Crippen molar-refractivity contribution in [1.82, 2.24) is 4.98 Å². The van der Waals surface area contributed by atoms with Crippen LogP contribution < -0.4 is 0 Å². The summed E-state index contributed by atoms with van der Waals surface area (Å²) in [7, 11) is 0. The molecule has 0 fully saturated rings. The van der Waals surface area contributed by atoms with E-state index in [1.54, 1.807) is 0 Å². The van der Waals surface area contributed by atoms with Crippen LogP contribution in [0.1, 0.15) is 59.2 Å². The van der Waals surface area contributed by atoms with Crippen molar-refractivity contribution in [2.24, 2.45) is 0 Å². The van der Waals surface area contributed by atoms with Crippen molar-refractivity contribution in [3.63, 3.8) is 0 Å². The molecule has 0 bridgehead atoms. The number of aryl methyl sites for hydroxylation is 2. The summed E-state index contributed by atoms with van der Waals surface area (Å²) in [4.78, 5) is 19.1. The van der Waals surface area contributed by atoms with E-state index in [4.69, 9.17) is 0 Å². The molecule has 0 amide bonds. The number of hydrogen-bond donors (Lipinski definition) is 0. The largest absolute Gasteiger partial charge is 0.298 e. The van der Waals surface area contributed by atoms with E-state index in [-0.39, 0.29) is 11.8 Å². The first kappa shape index (κ1) is 13.2. The van der Waals surface area contributed by atoms with E-state index in [0.29, 0.717) is 5.78 Å². The third-order valence-electron chi connectivity index (χ3n) is 4.93. The summed E-state index contributed by atoms with van der Waals surface area (Å²) in [6, 6.07) is 6.30. The second-order valence-electron chi connectivity index (χ2n) is 6.14. The van der Waals surface area contributed by atoms with Crippen molar-refractivity contribution in [2.45, 2.75) is 50.4 Å². The quantitative estimate of drug-likeness (QED) is 0.829. The zero-order chi connectivity index (χ0) is 14.2. The molecular weight excluding hydrogens is 278 g/mol. The summed E-state index contributed by atoms with van der Waals surface area (Å²) in [5.41, 5.74) is 3.64. The number of thiophene rings is 1. The van der Waals surface area contributed by atoms with Gasteiger partial charge in [0.1, 0.15) is 5.78 Å². The van der Waals surface area contributed by atoms with Crippen molar-refractivity contribution >= 4 is 17.1 Å². The Bertz CT molecular complexity index is 675. The Labute approximate surface area is 129 Å². The van der Waals surface area contributed by atoms with Gasteiger partial charge in [-0.1, -0.05) is 6.07 Å². The maximum Gasteiger partial charge on any atom is 0.149 e. The Morgan fingerprint density at radius 3 is 2.95 bits per heavy atom. The Balaban J connectivity index is 1.68. The van der Waals surface area contributed by atoms with Crippen molar-refractivity contribution in [1.29, 1.82) is 0 Å². The highest BCUT2D eigenvalue weighted by Crippen LogP contribution is 2.41. The number of carbonyl (C=O) groups is 1. The second kappa shape index (κ2) is 5.38. The van der Waals surface area contributed by atoms with Gasteiger partial charge in [-0.3, -0.25) is 9.78 Å². The topological polar surface area (TPSA) is 30.0 Å². The van der Waals surface area contributed by atoms with Gasteiger partial charge in [0.25, 0.3) is 0 Å². The van der Waals surface area contributed by atoms with E-state index in [0.717, 1.165) is 44.2 Å². The lowest BCUT2D eigenvalue weighted by atomic mass is 9.75. The Hall–Kier alpha value is -1.48. The van der Waals surface area contributed by atoms with Crippen molar-refractivity contribution in [3.05, 3.63) is 51.5 Å². The third-order valence-corrected chi connectivity index (χ3v) is 5.93. The molecule has 21 heavy (non-hydrogen) atoms. The molecule has 4 rings (SSSR count). The first-order valence-corrected chi connectivity index (χ1v) is 8.76. The van der Waals surface area contributed by atoms with E-state index in [1.165, 1.54) is 16.0 Å². The second-order valence-corrected chi connectivity index (χ2v) is 7.14. The first-order valence-electron chi connectivity index (χ1n) is 7.88. The average Bonchev–Trinajstić information content (AvgIpc) is 3.02. The maximum atomic E-state index is 13.1. The summed E-state index contributed by atoms with van der Waals surface area (Å²) < 4.78 is 0. The molecule has 2 aromatic rings. The normalized spacial score (nSPS) is 24.2. The molecule has 0 spiro atoms. The fourth-order valence-electron chi connectivity index (χ4n) is 3.91. The summed E-state index contributed by atoms with van der Waals surface area (Å²) in [5.74, 6) is 0.540. The van der Waals surface area contributed by atoms with Crippen LogP contribution in [0.2, 0.25) is 0 Å². The molecule has 2 aliphatic carbocycles. The molecule has 2 unspecified atom stereocenters. The minimum atomic E-state index is 0.0193. The number of pyridine rings is 1. The number of ketones is 1. The standard InChI is InChI=1S/C18H19NOS/c20-18(14-6-2-8-16-13(14)9-11-21-16)15-7-1-4-12-5-3-10-19-17(12)15/h3,5,9-11,14-15H,1-2,4,6-8H2. The summed E-state index contributed by atoms with van der Waals surface area (Å²) in [6.07, 6.45) is 8.29. The van der Waals surface area contributed by atoms with Gasteiger partial charge in [-0.25, -0.2) is 0 Å². The van der Waals surface area contributed by atoms with Crippen molar-refractivity contribution in [3.8, 4) is 0 Å². The Kier molecular flexibility index (Phi) is 3.38. The number of hydrogen-bond acceptors (Lipinski definition) is 3. The Morgan fingerprint density at radius 2 is 2.00 bits per heavy atom. The SMILES string of the molecule is O=C(C1CCCc2sccc21)C1CCCc2cccnc21. The predicted molar refractivity (Wildman–Crippen MR) is 84.9 cm³/mol. The molecule has 0 saturated carbocycles. The van der Waals surface area contributed by atoms with Crippen LogP contribution in [-0.2, 0) is 17.6 Å². The predicted octanol–water partition coefficient (Wildman–Crippen LogP) is 4.25. The minimum Gasteiger partial charge on any atom is -0.298 e. The van der Waals surface area contributed by atoms with Gasteiger partial charge in [0.05, 0.1) is 11.6 Å². The van der Waals surface area contributed by atoms with Gasteiger partial charge < -0.3 is 0 Å². The number of rotatable bonds is 2. The lowest BCUT2D eigenvalue weighted by molar-refractivity contribution is -0.122. The van der Waals surface area contributed by atoms with Crippen molar-refractivity contribution in [2.75, 3.05) is 0 Å². The molecular formula is C18H19NOS. The highest BCUT2D eigenvalue weighted by molar-refractivity contribution is 7.10. The molecule has 0 radical (unpaired) electrons. The number of nitrogens with zero attached hydrogens (tertiary/aromatic N) is 1. The van der Waals surface area contributed by atoms with E-state index in [2.05, 4.69) is 22.5 Å². The van der Waals surface area contributed by atoms with Gasteiger partial charge in [0.15, 0.2) is 0 Å². The number of carbonyl (C=O) groups excluding carboxylic acids is 1.